The second kappa shape index (κ2) is 11.7. The molecule has 1 aliphatic rings. The van der Waals surface area contributed by atoms with Crippen LogP contribution in [0.3, 0.4) is 0 Å². The molecule has 0 saturated carbocycles. The van der Waals surface area contributed by atoms with E-state index in [-0.39, 0.29) is 37.3 Å². The Kier molecular flexibility index (Phi) is 8.68. The number of alkyl carbamates (subject to hydrolysis) is 1. The van der Waals surface area contributed by atoms with Gasteiger partial charge in [0.15, 0.2) is 0 Å². The Hall–Kier alpha value is -3.35. The summed E-state index contributed by atoms with van der Waals surface area (Å²) in [5, 5.41) is 14.7. The number of carboxylic acids is 1. The van der Waals surface area contributed by atoms with E-state index in [1.165, 1.54) is 0 Å². The van der Waals surface area contributed by atoms with E-state index in [1.54, 1.807) is 0 Å². The molecule has 0 aliphatic heterocycles. The molecule has 3 N–H and O–H groups in total. The quantitative estimate of drug-likeness (QED) is 0.450. The lowest BCUT2D eigenvalue weighted by molar-refractivity contribution is -0.138. The molecule has 0 aromatic heterocycles. The van der Waals surface area contributed by atoms with Crippen molar-refractivity contribution in [3.63, 3.8) is 0 Å². The number of carboxylic acid groups (broad SMARTS) is 1. The summed E-state index contributed by atoms with van der Waals surface area (Å²) in [6, 6.07) is 15.8. The highest BCUT2D eigenvalue weighted by molar-refractivity contribution is 5.81. The van der Waals surface area contributed by atoms with Crippen LogP contribution in [0.5, 0.6) is 0 Å². The Morgan fingerprint density at radius 2 is 1.59 bits per heavy atom. The number of fused-ring (bicyclic) bond motifs is 3. The number of rotatable bonds is 11. The maximum absolute atomic E-state index is 12.8. The first kappa shape index (κ1) is 25.3. The zero-order chi connectivity index (χ0) is 24.7. The third-order valence-electron chi connectivity index (χ3n) is 6.36. The predicted molar refractivity (Wildman–Crippen MR) is 130 cm³/mol. The molecule has 34 heavy (non-hydrogen) atoms. The van der Waals surface area contributed by atoms with E-state index in [9.17, 15) is 14.4 Å². The average molecular weight is 467 g/mol. The summed E-state index contributed by atoms with van der Waals surface area (Å²) in [7, 11) is 0. The second-order valence-corrected chi connectivity index (χ2v) is 9.15. The van der Waals surface area contributed by atoms with Gasteiger partial charge in [-0.2, -0.15) is 0 Å². The maximum Gasteiger partial charge on any atom is 0.407 e. The molecule has 0 spiro atoms. The minimum atomic E-state index is -0.948. The van der Waals surface area contributed by atoms with Gasteiger partial charge in [-0.05, 0) is 34.6 Å². The summed E-state index contributed by atoms with van der Waals surface area (Å²) in [5.74, 6) is -1.77. The molecule has 2 aromatic carbocycles. The van der Waals surface area contributed by atoms with Crippen molar-refractivity contribution in [2.45, 2.75) is 52.0 Å². The highest BCUT2D eigenvalue weighted by Gasteiger charge is 2.30. The average Bonchev–Trinajstić information content (AvgIpc) is 3.11. The molecule has 2 atom stereocenters. The van der Waals surface area contributed by atoms with Crippen molar-refractivity contribution in [2.75, 3.05) is 13.2 Å². The topological polar surface area (TPSA) is 105 Å². The molecule has 0 radical (unpaired) electrons. The molecule has 182 valence electrons. The van der Waals surface area contributed by atoms with Crippen molar-refractivity contribution >= 4 is 18.0 Å². The van der Waals surface area contributed by atoms with Crippen molar-refractivity contribution in [3.05, 3.63) is 59.7 Å². The molecule has 0 fully saturated rings. The summed E-state index contributed by atoms with van der Waals surface area (Å²) < 4.78 is 5.56. The van der Waals surface area contributed by atoms with Gasteiger partial charge in [-0.1, -0.05) is 75.7 Å². The lowest BCUT2D eigenvalue weighted by Crippen LogP contribution is -2.45. The lowest BCUT2D eigenvalue weighted by Gasteiger charge is -2.24. The Bertz CT molecular complexity index is 974. The first-order chi connectivity index (χ1) is 16.3. The van der Waals surface area contributed by atoms with E-state index in [0.717, 1.165) is 28.7 Å². The van der Waals surface area contributed by atoms with Gasteiger partial charge < -0.3 is 20.5 Å². The van der Waals surface area contributed by atoms with Gasteiger partial charge in [-0.15, -0.1) is 0 Å². The van der Waals surface area contributed by atoms with Gasteiger partial charge >= 0.3 is 12.1 Å². The number of benzene rings is 2. The summed E-state index contributed by atoms with van der Waals surface area (Å²) in [6.45, 7) is 6.06. The summed E-state index contributed by atoms with van der Waals surface area (Å²) in [6.07, 6.45) is 0.658. The third kappa shape index (κ3) is 6.16. The fourth-order valence-electron chi connectivity index (χ4n) is 4.57. The fraction of sp³-hybridized carbons (Fsp3) is 0.444. The lowest BCUT2D eigenvalue weighted by atomic mass is 9.94. The second-order valence-electron chi connectivity index (χ2n) is 9.15. The van der Waals surface area contributed by atoms with Gasteiger partial charge in [0.05, 0.1) is 12.3 Å². The minimum absolute atomic E-state index is 0.0341. The first-order valence-corrected chi connectivity index (χ1v) is 11.9. The fourth-order valence-corrected chi connectivity index (χ4v) is 4.57. The van der Waals surface area contributed by atoms with Crippen LogP contribution in [-0.2, 0) is 14.3 Å². The van der Waals surface area contributed by atoms with Crippen LogP contribution < -0.4 is 10.6 Å². The molecule has 1 unspecified atom stereocenters. The molecule has 2 aromatic rings. The molecular formula is C27H34N2O5. The summed E-state index contributed by atoms with van der Waals surface area (Å²) in [5.41, 5.74) is 4.59. The van der Waals surface area contributed by atoms with Crippen LogP contribution in [0.25, 0.3) is 11.1 Å². The van der Waals surface area contributed by atoms with Gasteiger partial charge in [-0.3, -0.25) is 9.59 Å². The van der Waals surface area contributed by atoms with Crippen LogP contribution in [0.2, 0.25) is 0 Å². The van der Waals surface area contributed by atoms with E-state index < -0.39 is 24.0 Å². The van der Waals surface area contributed by atoms with E-state index >= 15 is 0 Å². The Labute approximate surface area is 200 Å². The molecule has 2 amide bonds. The monoisotopic (exact) mass is 466 g/mol. The Morgan fingerprint density at radius 1 is 1.00 bits per heavy atom. The van der Waals surface area contributed by atoms with E-state index in [1.807, 2.05) is 45.0 Å². The van der Waals surface area contributed by atoms with Gasteiger partial charge in [0.2, 0.25) is 5.91 Å². The van der Waals surface area contributed by atoms with Gasteiger partial charge in [0.25, 0.3) is 0 Å². The SMILES string of the molecule is CCC[C@H](CC(=O)O)NC(=O)C(CNC(=O)OCC1c2ccccc2-c2ccccc21)C(C)C. The highest BCUT2D eigenvalue weighted by Crippen LogP contribution is 2.44. The standard InChI is InChI=1S/C27H34N2O5/c1-4-9-18(14-25(30)31)29-26(32)23(17(2)3)15-28-27(33)34-16-24-21-12-7-5-10-19(21)20-11-6-8-13-22(20)24/h5-8,10-13,17-18,23-24H,4,9,14-16H2,1-3H3,(H,28,33)(H,29,32)(H,30,31)/t18-,23?/m1/s1. The van der Waals surface area contributed by atoms with Crippen molar-refractivity contribution < 1.29 is 24.2 Å². The number of hydrogen-bond acceptors (Lipinski definition) is 4. The van der Waals surface area contributed by atoms with Crippen LogP contribution in [-0.4, -0.2) is 42.3 Å². The number of carbonyl (C=O) groups excluding carboxylic acids is 2. The van der Waals surface area contributed by atoms with Crippen molar-refractivity contribution in [2.24, 2.45) is 11.8 Å². The predicted octanol–water partition coefficient (Wildman–Crippen LogP) is 4.56. The molecular weight excluding hydrogens is 432 g/mol. The zero-order valence-electron chi connectivity index (χ0n) is 20.0. The smallest absolute Gasteiger partial charge is 0.407 e. The Balaban J connectivity index is 1.57. The van der Waals surface area contributed by atoms with E-state index in [4.69, 9.17) is 9.84 Å². The van der Waals surface area contributed by atoms with Gasteiger partial charge in [-0.25, -0.2) is 4.79 Å². The first-order valence-electron chi connectivity index (χ1n) is 11.9. The maximum atomic E-state index is 12.8. The van der Waals surface area contributed by atoms with Gasteiger partial charge in [0, 0.05) is 18.5 Å². The number of hydrogen-bond donors (Lipinski definition) is 3. The Morgan fingerprint density at radius 3 is 2.12 bits per heavy atom. The number of nitrogens with one attached hydrogen (secondary N) is 2. The van der Waals surface area contributed by atoms with Crippen LogP contribution in [0.1, 0.15) is 57.1 Å². The summed E-state index contributed by atoms with van der Waals surface area (Å²) >= 11 is 0. The highest BCUT2D eigenvalue weighted by atomic mass is 16.5. The molecule has 0 heterocycles. The van der Waals surface area contributed by atoms with E-state index in [2.05, 4.69) is 34.9 Å². The third-order valence-corrected chi connectivity index (χ3v) is 6.36. The van der Waals surface area contributed by atoms with Crippen molar-refractivity contribution in [1.82, 2.24) is 10.6 Å². The number of carbonyl (C=O) groups is 3. The zero-order valence-corrected chi connectivity index (χ0v) is 20.0. The molecule has 0 bridgehead atoms. The van der Waals surface area contributed by atoms with Crippen LogP contribution in [0.4, 0.5) is 4.79 Å². The van der Waals surface area contributed by atoms with Crippen molar-refractivity contribution in [1.29, 1.82) is 0 Å². The number of ether oxygens (including phenoxy) is 1. The van der Waals surface area contributed by atoms with Gasteiger partial charge in [0.1, 0.15) is 6.61 Å². The molecule has 3 rings (SSSR count). The number of aliphatic carboxylic acids is 1. The van der Waals surface area contributed by atoms with Crippen molar-refractivity contribution in [3.8, 4) is 11.1 Å². The summed E-state index contributed by atoms with van der Waals surface area (Å²) in [4.78, 5) is 36.4. The van der Waals surface area contributed by atoms with Crippen LogP contribution >= 0.6 is 0 Å². The number of amides is 2. The normalized spacial score (nSPS) is 14.1. The van der Waals surface area contributed by atoms with Crippen LogP contribution in [0, 0.1) is 11.8 Å². The van der Waals surface area contributed by atoms with E-state index in [0.29, 0.717) is 6.42 Å². The molecule has 1 aliphatic carbocycles. The largest absolute Gasteiger partial charge is 0.481 e. The molecule has 7 nitrogen and oxygen atoms in total. The minimum Gasteiger partial charge on any atom is -0.481 e. The molecule has 0 saturated heterocycles. The van der Waals surface area contributed by atoms with Crippen LogP contribution in [0.15, 0.2) is 48.5 Å². The molecule has 7 heteroatoms.